The van der Waals surface area contributed by atoms with Crippen molar-refractivity contribution < 1.29 is 0 Å². The predicted molar refractivity (Wildman–Crippen MR) is 99.5 cm³/mol. The van der Waals surface area contributed by atoms with E-state index < -0.39 is 0 Å². The average Bonchev–Trinajstić information content (AvgIpc) is 2.63. The van der Waals surface area contributed by atoms with E-state index in [4.69, 9.17) is 23.2 Å². The molecular formula is C17H16Cl2IN. The van der Waals surface area contributed by atoms with Gasteiger partial charge in [0.1, 0.15) is 0 Å². The Morgan fingerprint density at radius 1 is 1.10 bits per heavy atom. The van der Waals surface area contributed by atoms with Gasteiger partial charge in [0.15, 0.2) is 0 Å². The summed E-state index contributed by atoms with van der Waals surface area (Å²) in [4.78, 5) is 0. The van der Waals surface area contributed by atoms with Crippen molar-refractivity contribution in [1.82, 2.24) is 0 Å². The van der Waals surface area contributed by atoms with Crippen molar-refractivity contribution in [1.29, 1.82) is 0 Å². The number of rotatable bonds is 2. The topological polar surface area (TPSA) is 12.0 Å². The van der Waals surface area contributed by atoms with Crippen LogP contribution in [0.25, 0.3) is 0 Å². The third kappa shape index (κ3) is 3.03. The lowest BCUT2D eigenvalue weighted by atomic mass is 9.85. The first-order chi connectivity index (χ1) is 9.87. The summed E-state index contributed by atoms with van der Waals surface area (Å²) in [6.45, 7) is 4.59. The average molecular weight is 432 g/mol. The van der Waals surface area contributed by atoms with Crippen molar-refractivity contribution >= 4 is 51.5 Å². The summed E-state index contributed by atoms with van der Waals surface area (Å²) in [7, 11) is 0. The highest BCUT2D eigenvalue weighted by Crippen LogP contribution is 2.48. The zero-order valence-corrected chi connectivity index (χ0v) is 15.6. The second-order valence-electron chi connectivity index (χ2n) is 6.21. The minimum atomic E-state index is 0.149. The van der Waals surface area contributed by atoms with Gasteiger partial charge in [0.25, 0.3) is 0 Å². The smallest absolute Gasteiger partial charge is 0.0571 e. The lowest BCUT2D eigenvalue weighted by molar-refractivity contribution is 0.337. The molecule has 2 aromatic carbocycles. The van der Waals surface area contributed by atoms with E-state index in [1.54, 1.807) is 0 Å². The maximum absolute atomic E-state index is 6.19. The molecule has 0 radical (unpaired) electrons. The molecule has 2 aromatic rings. The zero-order chi connectivity index (χ0) is 15.2. The normalized spacial score (nSPS) is 19.4. The van der Waals surface area contributed by atoms with Crippen LogP contribution in [0.1, 0.15) is 31.0 Å². The van der Waals surface area contributed by atoms with E-state index in [0.29, 0.717) is 0 Å². The van der Waals surface area contributed by atoms with E-state index in [2.05, 4.69) is 53.9 Å². The van der Waals surface area contributed by atoms with Gasteiger partial charge >= 0.3 is 0 Å². The summed E-state index contributed by atoms with van der Waals surface area (Å²) in [6.07, 6.45) is 1.06. The first-order valence-electron chi connectivity index (χ1n) is 6.87. The first-order valence-corrected chi connectivity index (χ1v) is 8.70. The molecule has 0 bridgehead atoms. The van der Waals surface area contributed by atoms with Gasteiger partial charge in [-0.25, -0.2) is 0 Å². The van der Waals surface area contributed by atoms with E-state index in [-0.39, 0.29) is 11.5 Å². The molecule has 1 aliphatic rings. The Morgan fingerprint density at radius 3 is 2.48 bits per heavy atom. The summed E-state index contributed by atoms with van der Waals surface area (Å²) in [5, 5.41) is 5.24. The third-order valence-electron chi connectivity index (χ3n) is 4.08. The second-order valence-corrected chi connectivity index (χ2v) is 8.25. The minimum Gasteiger partial charge on any atom is -0.377 e. The van der Waals surface area contributed by atoms with Gasteiger partial charge in [-0.05, 0) is 75.9 Å². The Kier molecular flexibility index (Phi) is 4.15. The molecule has 0 amide bonds. The van der Waals surface area contributed by atoms with Crippen LogP contribution in [-0.4, -0.2) is 0 Å². The monoisotopic (exact) mass is 431 g/mol. The first kappa shape index (κ1) is 15.4. The molecule has 4 heteroatoms. The molecule has 0 spiro atoms. The van der Waals surface area contributed by atoms with Gasteiger partial charge in [-0.1, -0.05) is 43.1 Å². The lowest BCUT2D eigenvalue weighted by Crippen LogP contribution is -2.24. The van der Waals surface area contributed by atoms with E-state index in [1.807, 2.05) is 24.3 Å². The van der Waals surface area contributed by atoms with Crippen LogP contribution in [0.15, 0.2) is 36.4 Å². The second kappa shape index (κ2) is 5.64. The summed E-state index contributed by atoms with van der Waals surface area (Å²) in [6, 6.07) is 12.4. The van der Waals surface area contributed by atoms with Gasteiger partial charge in [0.05, 0.1) is 6.04 Å². The van der Waals surface area contributed by atoms with Gasteiger partial charge in [-0.2, -0.15) is 0 Å². The highest BCUT2D eigenvalue weighted by molar-refractivity contribution is 14.1. The van der Waals surface area contributed by atoms with Crippen LogP contribution in [-0.2, 0) is 6.42 Å². The summed E-state index contributed by atoms with van der Waals surface area (Å²) < 4.78 is 1.13. The number of hydrogen-bond acceptors (Lipinski definition) is 1. The molecule has 0 aromatic heterocycles. The van der Waals surface area contributed by atoms with Crippen LogP contribution in [0.5, 0.6) is 0 Å². The fraction of sp³-hybridized carbons (Fsp3) is 0.294. The number of benzene rings is 2. The van der Waals surface area contributed by atoms with Gasteiger partial charge in [-0.15, -0.1) is 0 Å². The largest absolute Gasteiger partial charge is 0.377 e. The maximum Gasteiger partial charge on any atom is 0.0571 e. The number of halogens is 3. The van der Waals surface area contributed by atoms with Crippen molar-refractivity contribution in [2.45, 2.75) is 26.3 Å². The van der Waals surface area contributed by atoms with Gasteiger partial charge in [-0.3, -0.25) is 0 Å². The van der Waals surface area contributed by atoms with Crippen molar-refractivity contribution in [3.05, 3.63) is 61.1 Å². The number of nitrogens with one attached hydrogen (secondary N) is 1. The van der Waals surface area contributed by atoms with Crippen LogP contribution in [0.3, 0.4) is 0 Å². The van der Waals surface area contributed by atoms with Crippen LogP contribution in [0.4, 0.5) is 5.69 Å². The molecule has 1 atom stereocenters. The summed E-state index contributed by atoms with van der Waals surface area (Å²) in [5.74, 6) is 0. The lowest BCUT2D eigenvalue weighted by Gasteiger charge is -2.30. The van der Waals surface area contributed by atoms with Crippen LogP contribution in [0.2, 0.25) is 10.0 Å². The fourth-order valence-corrected chi connectivity index (χ4v) is 4.25. The molecule has 0 aliphatic heterocycles. The van der Waals surface area contributed by atoms with Crippen molar-refractivity contribution in [3.8, 4) is 0 Å². The Morgan fingerprint density at radius 2 is 1.76 bits per heavy atom. The minimum absolute atomic E-state index is 0.149. The van der Waals surface area contributed by atoms with E-state index in [1.165, 1.54) is 11.1 Å². The Balaban J connectivity index is 1.99. The van der Waals surface area contributed by atoms with E-state index >= 15 is 0 Å². The molecule has 1 nitrogen and oxygen atoms in total. The molecule has 0 saturated carbocycles. The predicted octanol–water partition coefficient (Wildman–Crippen LogP) is 6.33. The maximum atomic E-state index is 6.19. The van der Waals surface area contributed by atoms with Gasteiger partial charge < -0.3 is 5.32 Å². The highest BCUT2D eigenvalue weighted by atomic mass is 127. The zero-order valence-electron chi connectivity index (χ0n) is 11.9. The Labute approximate surface area is 149 Å². The quantitative estimate of drug-likeness (QED) is 0.547. The fourth-order valence-electron chi connectivity index (χ4n) is 3.04. The molecule has 21 heavy (non-hydrogen) atoms. The standard InChI is InChI=1S/C17H16Cl2IN/c1-17(2)9-10-3-4-11(18)7-13(10)16(17)21-15-6-5-12(19)8-14(15)20/h3-8,16,21H,9H2,1-2H3. The molecule has 110 valence electrons. The van der Waals surface area contributed by atoms with Crippen molar-refractivity contribution in [2.24, 2.45) is 5.41 Å². The van der Waals surface area contributed by atoms with Crippen LogP contribution in [0, 0.1) is 8.99 Å². The highest BCUT2D eigenvalue weighted by Gasteiger charge is 2.39. The van der Waals surface area contributed by atoms with E-state index in [0.717, 1.165) is 25.7 Å². The van der Waals surface area contributed by atoms with Gasteiger partial charge in [0.2, 0.25) is 0 Å². The SMILES string of the molecule is CC1(C)Cc2ccc(Cl)cc2C1Nc1ccc(Cl)cc1I. The summed E-state index contributed by atoms with van der Waals surface area (Å²) in [5.41, 5.74) is 3.95. The Bertz CT molecular complexity index is 697. The number of hydrogen-bond donors (Lipinski definition) is 1. The molecule has 0 saturated heterocycles. The van der Waals surface area contributed by atoms with Crippen molar-refractivity contribution in [3.63, 3.8) is 0 Å². The van der Waals surface area contributed by atoms with Crippen molar-refractivity contribution in [2.75, 3.05) is 5.32 Å². The van der Waals surface area contributed by atoms with Crippen LogP contribution >= 0.6 is 45.8 Å². The Hall–Kier alpha value is -0.450. The van der Waals surface area contributed by atoms with Crippen LogP contribution < -0.4 is 5.32 Å². The van der Waals surface area contributed by atoms with E-state index in [9.17, 15) is 0 Å². The molecular weight excluding hydrogens is 416 g/mol. The summed E-state index contributed by atoms with van der Waals surface area (Å²) >= 11 is 14.5. The van der Waals surface area contributed by atoms with Gasteiger partial charge in [0, 0.05) is 19.3 Å². The molecule has 0 heterocycles. The number of anilines is 1. The molecule has 3 rings (SSSR count). The third-order valence-corrected chi connectivity index (χ3v) is 5.44. The molecule has 1 N–H and O–H groups in total. The number of fused-ring (bicyclic) bond motifs is 1. The molecule has 0 fully saturated rings. The molecule has 1 aliphatic carbocycles. The molecule has 1 unspecified atom stereocenters.